The van der Waals surface area contributed by atoms with Crippen molar-refractivity contribution in [2.75, 3.05) is 26.2 Å². The summed E-state index contributed by atoms with van der Waals surface area (Å²) in [6.07, 6.45) is 2.60. The van der Waals surface area contributed by atoms with Gasteiger partial charge in [-0.3, -0.25) is 9.69 Å². The van der Waals surface area contributed by atoms with Crippen LogP contribution in [0.3, 0.4) is 0 Å². The highest BCUT2D eigenvalue weighted by atomic mass is 16.5. The Bertz CT molecular complexity index is 479. The highest BCUT2D eigenvalue weighted by Gasteiger charge is 2.20. The Morgan fingerprint density at radius 1 is 1.32 bits per heavy atom. The topological polar surface area (TPSA) is 29.5 Å². The van der Waals surface area contributed by atoms with Gasteiger partial charge in [-0.15, -0.1) is 0 Å². The predicted molar refractivity (Wildman–Crippen MR) is 77.3 cm³/mol. The standard InChI is InChI=1S/C16H21NO2/c1-3-17-10-9-15(18)14(12-17)11-13-7-5-6-8-16(13)19-4-2/h5-8,11H,3-4,9-10,12H2,1-2H3/b14-11+. The summed E-state index contributed by atoms with van der Waals surface area (Å²) in [5.74, 6) is 1.11. The molecule has 0 radical (unpaired) electrons. The van der Waals surface area contributed by atoms with Crippen LogP contribution in [-0.4, -0.2) is 36.9 Å². The average Bonchev–Trinajstić information content (AvgIpc) is 2.43. The summed E-state index contributed by atoms with van der Waals surface area (Å²) in [5, 5.41) is 0. The van der Waals surface area contributed by atoms with E-state index in [9.17, 15) is 4.79 Å². The normalized spacial score (nSPS) is 18.8. The minimum absolute atomic E-state index is 0.260. The number of hydrogen-bond acceptors (Lipinski definition) is 3. The predicted octanol–water partition coefficient (Wildman–Crippen LogP) is 2.76. The van der Waals surface area contributed by atoms with Crippen molar-refractivity contribution < 1.29 is 9.53 Å². The van der Waals surface area contributed by atoms with Crippen LogP contribution in [0.2, 0.25) is 0 Å². The molecule has 1 saturated heterocycles. The van der Waals surface area contributed by atoms with Crippen LogP contribution in [0.1, 0.15) is 25.8 Å². The zero-order valence-corrected chi connectivity index (χ0v) is 11.7. The Morgan fingerprint density at radius 2 is 2.11 bits per heavy atom. The van der Waals surface area contributed by atoms with Crippen molar-refractivity contribution in [3.8, 4) is 5.75 Å². The molecule has 1 aromatic rings. The average molecular weight is 259 g/mol. The van der Waals surface area contributed by atoms with Crippen LogP contribution in [-0.2, 0) is 4.79 Å². The molecule has 0 amide bonds. The van der Waals surface area contributed by atoms with Crippen LogP contribution in [0.4, 0.5) is 0 Å². The minimum Gasteiger partial charge on any atom is -0.493 e. The molecular formula is C16H21NO2. The Morgan fingerprint density at radius 3 is 2.84 bits per heavy atom. The van der Waals surface area contributed by atoms with Gasteiger partial charge >= 0.3 is 0 Å². The fraction of sp³-hybridized carbons (Fsp3) is 0.438. The van der Waals surface area contributed by atoms with Crippen LogP contribution < -0.4 is 4.74 Å². The van der Waals surface area contributed by atoms with Gasteiger partial charge in [-0.2, -0.15) is 0 Å². The number of ether oxygens (including phenoxy) is 1. The van der Waals surface area contributed by atoms with Crippen LogP contribution in [0.5, 0.6) is 5.75 Å². The molecule has 0 aromatic heterocycles. The summed E-state index contributed by atoms with van der Waals surface area (Å²) in [4.78, 5) is 14.3. The Balaban J connectivity index is 2.26. The third-order valence-electron chi connectivity index (χ3n) is 3.40. The molecule has 1 aromatic carbocycles. The molecule has 2 rings (SSSR count). The molecule has 1 fully saturated rings. The van der Waals surface area contributed by atoms with E-state index in [1.165, 1.54) is 0 Å². The number of carbonyl (C=O) groups excluding carboxylic acids is 1. The molecule has 102 valence electrons. The van der Waals surface area contributed by atoms with E-state index in [0.717, 1.165) is 36.5 Å². The van der Waals surface area contributed by atoms with Gasteiger partial charge in [-0.05, 0) is 25.6 Å². The number of ketones is 1. The fourth-order valence-electron chi connectivity index (χ4n) is 2.30. The summed E-state index contributed by atoms with van der Waals surface area (Å²) >= 11 is 0. The molecule has 19 heavy (non-hydrogen) atoms. The lowest BCUT2D eigenvalue weighted by molar-refractivity contribution is -0.117. The van der Waals surface area contributed by atoms with Crippen molar-refractivity contribution in [1.82, 2.24) is 4.90 Å². The van der Waals surface area contributed by atoms with Gasteiger partial charge in [0.1, 0.15) is 5.75 Å². The number of para-hydroxylation sites is 1. The SMILES string of the molecule is CCOc1ccccc1/C=C1\CN(CC)CCC1=O. The van der Waals surface area contributed by atoms with E-state index in [4.69, 9.17) is 4.74 Å². The third-order valence-corrected chi connectivity index (χ3v) is 3.40. The minimum atomic E-state index is 0.260. The Kier molecular flexibility index (Phi) is 4.74. The van der Waals surface area contributed by atoms with Crippen LogP contribution in [0, 0.1) is 0 Å². The fourth-order valence-corrected chi connectivity index (χ4v) is 2.30. The van der Waals surface area contributed by atoms with E-state index >= 15 is 0 Å². The van der Waals surface area contributed by atoms with Crippen molar-refractivity contribution in [3.05, 3.63) is 35.4 Å². The second-order valence-corrected chi connectivity index (χ2v) is 4.68. The number of nitrogens with zero attached hydrogens (tertiary/aromatic N) is 1. The molecule has 3 nitrogen and oxygen atoms in total. The molecule has 3 heteroatoms. The molecule has 0 saturated carbocycles. The maximum absolute atomic E-state index is 12.0. The third kappa shape index (κ3) is 3.44. The number of Topliss-reactive ketones (excluding diaryl/α,β-unsaturated/α-hetero) is 1. The zero-order valence-electron chi connectivity index (χ0n) is 11.7. The first-order valence-electron chi connectivity index (χ1n) is 6.92. The number of benzene rings is 1. The van der Waals surface area contributed by atoms with E-state index in [0.29, 0.717) is 13.0 Å². The van der Waals surface area contributed by atoms with Crippen molar-refractivity contribution >= 4 is 11.9 Å². The summed E-state index contributed by atoms with van der Waals surface area (Å²) in [6.45, 7) is 7.33. The van der Waals surface area contributed by atoms with Crippen molar-refractivity contribution in [2.24, 2.45) is 0 Å². The summed E-state index contributed by atoms with van der Waals surface area (Å²) in [6, 6.07) is 7.87. The first-order valence-corrected chi connectivity index (χ1v) is 6.92. The molecule has 1 aliphatic heterocycles. The van der Waals surface area contributed by atoms with Gasteiger partial charge in [0.15, 0.2) is 5.78 Å². The first kappa shape index (κ1) is 13.8. The number of carbonyl (C=O) groups is 1. The van der Waals surface area contributed by atoms with E-state index < -0.39 is 0 Å². The van der Waals surface area contributed by atoms with Crippen LogP contribution >= 0.6 is 0 Å². The molecule has 1 heterocycles. The number of rotatable bonds is 4. The molecule has 0 N–H and O–H groups in total. The zero-order chi connectivity index (χ0) is 13.7. The summed E-state index contributed by atoms with van der Waals surface area (Å²) < 4.78 is 5.60. The van der Waals surface area contributed by atoms with Crippen LogP contribution in [0.15, 0.2) is 29.8 Å². The largest absolute Gasteiger partial charge is 0.493 e. The van der Waals surface area contributed by atoms with Gasteiger partial charge in [0.25, 0.3) is 0 Å². The molecule has 0 spiro atoms. The second-order valence-electron chi connectivity index (χ2n) is 4.68. The van der Waals surface area contributed by atoms with E-state index in [1.807, 2.05) is 37.3 Å². The van der Waals surface area contributed by atoms with Gasteiger partial charge in [0.05, 0.1) is 6.61 Å². The summed E-state index contributed by atoms with van der Waals surface area (Å²) in [5.41, 5.74) is 1.88. The van der Waals surface area contributed by atoms with Gasteiger partial charge in [0, 0.05) is 30.6 Å². The lowest BCUT2D eigenvalue weighted by Crippen LogP contribution is -2.35. The number of hydrogen-bond donors (Lipinski definition) is 0. The van der Waals surface area contributed by atoms with E-state index in [1.54, 1.807) is 0 Å². The van der Waals surface area contributed by atoms with E-state index in [-0.39, 0.29) is 5.78 Å². The van der Waals surface area contributed by atoms with Crippen molar-refractivity contribution in [2.45, 2.75) is 20.3 Å². The van der Waals surface area contributed by atoms with Crippen molar-refractivity contribution in [3.63, 3.8) is 0 Å². The highest BCUT2D eigenvalue weighted by molar-refractivity contribution is 6.01. The molecular weight excluding hydrogens is 238 g/mol. The number of piperidine rings is 1. The van der Waals surface area contributed by atoms with Gasteiger partial charge in [-0.1, -0.05) is 25.1 Å². The van der Waals surface area contributed by atoms with Gasteiger partial charge < -0.3 is 4.74 Å². The van der Waals surface area contributed by atoms with Crippen molar-refractivity contribution in [1.29, 1.82) is 0 Å². The molecule has 0 bridgehead atoms. The van der Waals surface area contributed by atoms with Gasteiger partial charge in [-0.25, -0.2) is 0 Å². The maximum atomic E-state index is 12.0. The second kappa shape index (κ2) is 6.53. The smallest absolute Gasteiger partial charge is 0.161 e. The molecule has 1 aliphatic rings. The maximum Gasteiger partial charge on any atom is 0.161 e. The molecule has 0 aliphatic carbocycles. The lowest BCUT2D eigenvalue weighted by Gasteiger charge is -2.26. The molecule has 0 atom stereocenters. The first-order chi connectivity index (χ1) is 9.24. The molecule has 0 unspecified atom stereocenters. The summed E-state index contributed by atoms with van der Waals surface area (Å²) in [7, 11) is 0. The Labute approximate surface area is 114 Å². The number of likely N-dealkylation sites (N-methyl/N-ethyl adjacent to an activating group) is 1. The lowest BCUT2D eigenvalue weighted by atomic mass is 10.00. The Hall–Kier alpha value is -1.61. The quantitative estimate of drug-likeness (QED) is 0.779. The highest BCUT2D eigenvalue weighted by Crippen LogP contribution is 2.23. The van der Waals surface area contributed by atoms with Crippen LogP contribution in [0.25, 0.3) is 6.08 Å². The monoisotopic (exact) mass is 259 g/mol. The van der Waals surface area contributed by atoms with Gasteiger partial charge in [0.2, 0.25) is 0 Å². The van der Waals surface area contributed by atoms with E-state index in [2.05, 4.69) is 11.8 Å². The number of likely N-dealkylation sites (tertiary alicyclic amines) is 1.